The van der Waals surface area contributed by atoms with E-state index in [0.717, 1.165) is 10.0 Å². The molecule has 90 valence electrons. The zero-order valence-electron chi connectivity index (χ0n) is 9.87. The number of carbonyl (C=O) groups excluding carboxylic acids is 1. The van der Waals surface area contributed by atoms with E-state index >= 15 is 0 Å². The first-order valence-corrected chi connectivity index (χ1v) is 6.21. The first-order valence-electron chi connectivity index (χ1n) is 5.42. The number of ketones is 1. The molecule has 0 saturated carbocycles. The fraction of sp³-hybridized carbons (Fsp3) is 0.308. The first kappa shape index (κ1) is 12.2. The van der Waals surface area contributed by atoms with E-state index < -0.39 is 0 Å². The van der Waals surface area contributed by atoms with Crippen molar-refractivity contribution < 1.29 is 9.53 Å². The van der Waals surface area contributed by atoms with Crippen LogP contribution in [0.2, 0.25) is 0 Å². The maximum absolute atomic E-state index is 12.3. The Morgan fingerprint density at radius 1 is 1.41 bits per heavy atom. The molecule has 0 fully saturated rings. The molecule has 0 aliphatic carbocycles. The minimum Gasteiger partial charge on any atom is -0.492 e. The molecule has 1 aromatic rings. The lowest BCUT2D eigenvalue weighted by atomic mass is 10.0. The van der Waals surface area contributed by atoms with E-state index in [1.807, 2.05) is 43.4 Å². The summed E-state index contributed by atoms with van der Waals surface area (Å²) in [6, 6.07) is 5.52. The number of carbonyl (C=O) groups is 1. The van der Waals surface area contributed by atoms with E-state index in [0.29, 0.717) is 24.3 Å². The Morgan fingerprint density at radius 3 is 2.88 bits per heavy atom. The zero-order chi connectivity index (χ0) is 12.4. The minimum absolute atomic E-state index is 0.0486. The van der Waals surface area contributed by atoms with E-state index in [4.69, 9.17) is 4.74 Å². The molecule has 0 atom stereocenters. The quantitative estimate of drug-likeness (QED) is 0.746. The Morgan fingerprint density at radius 2 is 2.18 bits per heavy atom. The molecule has 1 aliphatic rings. The average Bonchev–Trinajstić information content (AvgIpc) is 2.40. The topological polar surface area (TPSA) is 29.5 Å². The molecule has 4 heteroatoms. The summed E-state index contributed by atoms with van der Waals surface area (Å²) < 4.78 is 6.47. The summed E-state index contributed by atoms with van der Waals surface area (Å²) in [6.45, 7) is 0.542. The maximum atomic E-state index is 12.3. The van der Waals surface area contributed by atoms with Crippen molar-refractivity contribution in [3.05, 3.63) is 40.0 Å². The second kappa shape index (κ2) is 4.92. The van der Waals surface area contributed by atoms with Gasteiger partial charge in [-0.15, -0.1) is 0 Å². The summed E-state index contributed by atoms with van der Waals surface area (Å²) in [5.74, 6) is 0.716. The minimum atomic E-state index is 0.0486. The van der Waals surface area contributed by atoms with Crippen molar-refractivity contribution in [2.75, 3.05) is 20.7 Å². The van der Waals surface area contributed by atoms with Gasteiger partial charge in [0.25, 0.3) is 0 Å². The molecule has 0 radical (unpaired) electrons. The van der Waals surface area contributed by atoms with Crippen molar-refractivity contribution in [2.45, 2.75) is 6.42 Å². The number of halogens is 1. The molecule has 0 saturated heterocycles. The monoisotopic (exact) mass is 295 g/mol. The highest BCUT2D eigenvalue weighted by molar-refractivity contribution is 9.10. The number of nitrogens with zero attached hydrogens (tertiary/aromatic N) is 1. The SMILES string of the molecule is CN(C)/C=C1\CCOc2ccc(Br)cc2C1=O. The van der Waals surface area contributed by atoms with Crippen molar-refractivity contribution >= 4 is 21.7 Å². The summed E-state index contributed by atoms with van der Waals surface area (Å²) in [5, 5.41) is 0. The Kier molecular flexibility index (Phi) is 3.52. The highest BCUT2D eigenvalue weighted by Gasteiger charge is 2.21. The van der Waals surface area contributed by atoms with Crippen molar-refractivity contribution in [1.82, 2.24) is 4.90 Å². The average molecular weight is 296 g/mol. The van der Waals surface area contributed by atoms with Crippen molar-refractivity contribution in [3.8, 4) is 5.75 Å². The third-order valence-corrected chi connectivity index (χ3v) is 3.01. The molecular weight excluding hydrogens is 282 g/mol. The molecule has 3 nitrogen and oxygen atoms in total. The van der Waals surface area contributed by atoms with Gasteiger partial charge in [0, 0.05) is 36.8 Å². The van der Waals surface area contributed by atoms with Gasteiger partial charge in [0.2, 0.25) is 0 Å². The van der Waals surface area contributed by atoms with Crippen LogP contribution in [0.25, 0.3) is 0 Å². The lowest BCUT2D eigenvalue weighted by Gasteiger charge is -2.08. The highest BCUT2D eigenvalue weighted by atomic mass is 79.9. The standard InChI is InChI=1S/C13H14BrNO2/c1-15(2)8-9-5-6-17-12-4-3-10(14)7-11(12)13(9)16/h3-4,7-8H,5-6H2,1-2H3/b9-8+. The Hall–Kier alpha value is -1.29. The molecule has 2 rings (SSSR count). The van der Waals surface area contributed by atoms with Gasteiger partial charge in [-0.2, -0.15) is 0 Å². The molecule has 0 unspecified atom stereocenters. The van der Waals surface area contributed by atoms with Gasteiger partial charge in [-0.1, -0.05) is 15.9 Å². The molecule has 0 amide bonds. The number of fused-ring (bicyclic) bond motifs is 1. The summed E-state index contributed by atoms with van der Waals surface area (Å²) in [7, 11) is 3.82. The van der Waals surface area contributed by atoms with Crippen LogP contribution in [0.5, 0.6) is 5.75 Å². The number of hydrogen-bond donors (Lipinski definition) is 0. The second-order valence-corrected chi connectivity index (χ2v) is 5.10. The molecule has 17 heavy (non-hydrogen) atoms. The van der Waals surface area contributed by atoms with Crippen molar-refractivity contribution in [1.29, 1.82) is 0 Å². The van der Waals surface area contributed by atoms with Crippen LogP contribution >= 0.6 is 15.9 Å². The zero-order valence-corrected chi connectivity index (χ0v) is 11.5. The van der Waals surface area contributed by atoms with Crippen LogP contribution in [0.15, 0.2) is 34.4 Å². The van der Waals surface area contributed by atoms with E-state index in [2.05, 4.69) is 15.9 Å². The molecule has 0 spiro atoms. The van der Waals surface area contributed by atoms with Crippen LogP contribution in [-0.2, 0) is 0 Å². The van der Waals surface area contributed by atoms with E-state index in [-0.39, 0.29) is 5.78 Å². The third kappa shape index (κ3) is 2.69. The third-order valence-electron chi connectivity index (χ3n) is 2.52. The predicted molar refractivity (Wildman–Crippen MR) is 70.4 cm³/mol. The first-order chi connectivity index (χ1) is 8.08. The number of benzene rings is 1. The molecule has 0 bridgehead atoms. The Labute approximate surface area is 109 Å². The van der Waals surface area contributed by atoms with Crippen LogP contribution in [-0.4, -0.2) is 31.4 Å². The summed E-state index contributed by atoms with van der Waals surface area (Å²) in [4.78, 5) is 14.2. The van der Waals surface area contributed by atoms with E-state index in [9.17, 15) is 4.79 Å². The van der Waals surface area contributed by atoms with Crippen LogP contribution in [0.1, 0.15) is 16.8 Å². The lowest BCUT2D eigenvalue weighted by molar-refractivity contribution is 0.103. The normalized spacial score (nSPS) is 17.4. The number of rotatable bonds is 1. The smallest absolute Gasteiger partial charge is 0.194 e. The van der Waals surface area contributed by atoms with Gasteiger partial charge in [-0.05, 0) is 18.2 Å². The van der Waals surface area contributed by atoms with Crippen LogP contribution in [0, 0.1) is 0 Å². The molecule has 1 aliphatic heterocycles. The van der Waals surface area contributed by atoms with Gasteiger partial charge in [0.1, 0.15) is 5.75 Å². The molecule has 1 heterocycles. The summed E-state index contributed by atoms with van der Waals surface area (Å²) >= 11 is 3.38. The Balaban J connectivity index is 2.45. The van der Waals surface area contributed by atoms with Gasteiger partial charge < -0.3 is 9.64 Å². The predicted octanol–water partition coefficient (Wildman–Crippen LogP) is 2.86. The summed E-state index contributed by atoms with van der Waals surface area (Å²) in [5.41, 5.74) is 1.41. The molecule has 0 aromatic heterocycles. The van der Waals surface area contributed by atoms with Gasteiger partial charge >= 0.3 is 0 Å². The largest absolute Gasteiger partial charge is 0.492 e. The second-order valence-electron chi connectivity index (χ2n) is 4.19. The fourth-order valence-electron chi connectivity index (χ4n) is 1.80. The van der Waals surface area contributed by atoms with Crippen LogP contribution in [0.4, 0.5) is 0 Å². The maximum Gasteiger partial charge on any atom is 0.194 e. The van der Waals surface area contributed by atoms with Gasteiger partial charge in [0.15, 0.2) is 5.78 Å². The number of ether oxygens (including phenoxy) is 1. The van der Waals surface area contributed by atoms with E-state index in [1.54, 1.807) is 0 Å². The van der Waals surface area contributed by atoms with E-state index in [1.165, 1.54) is 0 Å². The number of Topliss-reactive ketones (excluding diaryl/α,β-unsaturated/α-hetero) is 1. The molecular formula is C13H14BrNO2. The highest BCUT2D eigenvalue weighted by Crippen LogP contribution is 2.29. The molecule has 1 aromatic carbocycles. The summed E-state index contributed by atoms with van der Waals surface area (Å²) in [6.07, 6.45) is 2.50. The van der Waals surface area contributed by atoms with Crippen molar-refractivity contribution in [3.63, 3.8) is 0 Å². The van der Waals surface area contributed by atoms with Crippen LogP contribution < -0.4 is 4.74 Å². The van der Waals surface area contributed by atoms with Crippen molar-refractivity contribution in [2.24, 2.45) is 0 Å². The molecule has 0 N–H and O–H groups in total. The number of hydrogen-bond acceptors (Lipinski definition) is 3. The van der Waals surface area contributed by atoms with Gasteiger partial charge in [-0.3, -0.25) is 4.79 Å². The van der Waals surface area contributed by atoms with Gasteiger partial charge in [-0.25, -0.2) is 0 Å². The Bertz CT molecular complexity index is 480. The fourth-order valence-corrected chi connectivity index (χ4v) is 2.16. The van der Waals surface area contributed by atoms with Crippen LogP contribution in [0.3, 0.4) is 0 Å². The van der Waals surface area contributed by atoms with Gasteiger partial charge in [0.05, 0.1) is 12.2 Å². The lowest BCUT2D eigenvalue weighted by Crippen LogP contribution is -2.09.